The Morgan fingerprint density at radius 3 is 2.33 bits per heavy atom. The second-order valence-corrected chi connectivity index (χ2v) is 3.82. The van der Waals surface area contributed by atoms with Crippen LogP contribution < -0.4 is 5.32 Å². The lowest BCUT2D eigenvalue weighted by Crippen LogP contribution is -2.00. The number of benzene rings is 1. The highest BCUT2D eigenvalue weighted by molar-refractivity contribution is 5.26. The van der Waals surface area contributed by atoms with Gasteiger partial charge >= 0.3 is 0 Å². The predicted molar refractivity (Wildman–Crippen MR) is 50.9 cm³/mol. The van der Waals surface area contributed by atoms with Crippen LogP contribution in [0.2, 0.25) is 0 Å². The van der Waals surface area contributed by atoms with Crippen molar-refractivity contribution in [3.8, 4) is 0 Å². The molecule has 12 heavy (non-hydrogen) atoms. The molecule has 0 aromatic heterocycles. The van der Waals surface area contributed by atoms with Crippen LogP contribution in [0.25, 0.3) is 0 Å². The minimum Gasteiger partial charge on any atom is -0.304 e. The summed E-state index contributed by atoms with van der Waals surface area (Å²) in [6.07, 6.45) is 0. The van der Waals surface area contributed by atoms with Crippen molar-refractivity contribution in [1.29, 1.82) is 0 Å². The fraction of sp³-hybridized carbons (Fsp3) is 0.455. The fourth-order valence-electron chi connectivity index (χ4n) is 1.69. The molecule has 0 saturated carbocycles. The van der Waals surface area contributed by atoms with E-state index in [0.29, 0.717) is 12.1 Å². The van der Waals surface area contributed by atoms with Crippen molar-refractivity contribution in [2.24, 2.45) is 5.92 Å². The standard InChI is InChI=1S/C11H15N/c1-8(2)10-11(12-10)9-6-4-3-5-7-9/h3-8,10-12H,1-2H3/t10-,11+/m0/s1. The van der Waals surface area contributed by atoms with E-state index in [0.717, 1.165) is 5.92 Å². The zero-order valence-electron chi connectivity index (χ0n) is 7.62. The molecular weight excluding hydrogens is 146 g/mol. The van der Waals surface area contributed by atoms with E-state index in [-0.39, 0.29) is 0 Å². The van der Waals surface area contributed by atoms with Gasteiger partial charge in [0.05, 0.1) is 0 Å². The summed E-state index contributed by atoms with van der Waals surface area (Å²) in [5.41, 5.74) is 1.43. The molecule has 1 fully saturated rings. The Kier molecular flexibility index (Phi) is 1.89. The number of hydrogen-bond donors (Lipinski definition) is 1. The zero-order valence-corrected chi connectivity index (χ0v) is 7.62. The molecule has 0 amide bonds. The van der Waals surface area contributed by atoms with E-state index in [1.54, 1.807) is 0 Å². The maximum atomic E-state index is 3.48. The van der Waals surface area contributed by atoms with Crippen molar-refractivity contribution < 1.29 is 0 Å². The van der Waals surface area contributed by atoms with E-state index in [1.807, 2.05) is 0 Å². The molecular formula is C11H15N. The second-order valence-electron chi connectivity index (χ2n) is 3.82. The minimum absolute atomic E-state index is 0.617. The Balaban J connectivity index is 2.06. The highest BCUT2D eigenvalue weighted by Gasteiger charge is 2.38. The molecule has 1 aromatic rings. The van der Waals surface area contributed by atoms with Gasteiger partial charge in [-0.15, -0.1) is 0 Å². The lowest BCUT2D eigenvalue weighted by molar-refractivity contribution is 0.619. The van der Waals surface area contributed by atoms with Gasteiger partial charge in [0.25, 0.3) is 0 Å². The monoisotopic (exact) mass is 161 g/mol. The first-order valence-corrected chi connectivity index (χ1v) is 4.60. The summed E-state index contributed by atoms with van der Waals surface area (Å²) in [6, 6.07) is 12.0. The Morgan fingerprint density at radius 1 is 1.17 bits per heavy atom. The highest BCUT2D eigenvalue weighted by Crippen LogP contribution is 2.33. The third-order valence-electron chi connectivity index (χ3n) is 2.50. The van der Waals surface area contributed by atoms with E-state index in [4.69, 9.17) is 0 Å². The average molecular weight is 161 g/mol. The molecule has 1 nitrogen and oxygen atoms in total. The van der Waals surface area contributed by atoms with Crippen molar-refractivity contribution >= 4 is 0 Å². The van der Waals surface area contributed by atoms with Gasteiger partial charge < -0.3 is 5.32 Å². The molecule has 1 aliphatic heterocycles. The van der Waals surface area contributed by atoms with Gasteiger partial charge in [0.15, 0.2) is 0 Å². The molecule has 1 saturated heterocycles. The van der Waals surface area contributed by atoms with E-state index in [1.165, 1.54) is 5.56 Å². The van der Waals surface area contributed by atoms with Crippen LogP contribution >= 0.6 is 0 Å². The molecule has 0 spiro atoms. The van der Waals surface area contributed by atoms with Crippen molar-refractivity contribution in [2.75, 3.05) is 0 Å². The van der Waals surface area contributed by atoms with Crippen LogP contribution in [0, 0.1) is 5.92 Å². The first-order chi connectivity index (χ1) is 5.79. The van der Waals surface area contributed by atoms with Crippen LogP contribution in [0.3, 0.4) is 0 Å². The molecule has 1 N–H and O–H groups in total. The van der Waals surface area contributed by atoms with Crippen molar-refractivity contribution in [3.63, 3.8) is 0 Å². The van der Waals surface area contributed by atoms with Gasteiger partial charge in [0.2, 0.25) is 0 Å². The van der Waals surface area contributed by atoms with Gasteiger partial charge in [0.1, 0.15) is 0 Å². The van der Waals surface area contributed by atoms with Crippen LogP contribution in [0.5, 0.6) is 0 Å². The topological polar surface area (TPSA) is 21.9 Å². The molecule has 1 heteroatoms. The third kappa shape index (κ3) is 1.37. The maximum absolute atomic E-state index is 3.48. The molecule has 64 valence electrons. The first-order valence-electron chi connectivity index (χ1n) is 4.60. The Labute approximate surface area is 73.8 Å². The molecule has 2 atom stereocenters. The summed E-state index contributed by atoms with van der Waals surface area (Å²) in [5.74, 6) is 0.746. The first kappa shape index (κ1) is 7.81. The molecule has 2 rings (SSSR count). The lowest BCUT2D eigenvalue weighted by atomic mass is 10.0. The molecule has 0 aliphatic carbocycles. The number of nitrogens with one attached hydrogen (secondary N) is 1. The smallest absolute Gasteiger partial charge is 0.0481 e. The summed E-state index contributed by atoms with van der Waals surface area (Å²) in [6.45, 7) is 4.53. The van der Waals surface area contributed by atoms with Gasteiger partial charge in [0, 0.05) is 12.1 Å². The van der Waals surface area contributed by atoms with E-state index in [2.05, 4.69) is 49.5 Å². The van der Waals surface area contributed by atoms with Crippen LogP contribution in [-0.4, -0.2) is 6.04 Å². The van der Waals surface area contributed by atoms with Crippen LogP contribution in [0.1, 0.15) is 25.5 Å². The molecule has 1 aliphatic rings. The van der Waals surface area contributed by atoms with Crippen LogP contribution in [-0.2, 0) is 0 Å². The number of rotatable bonds is 2. The Bertz CT molecular complexity index is 253. The van der Waals surface area contributed by atoms with Gasteiger partial charge in [-0.1, -0.05) is 44.2 Å². The normalized spacial score (nSPS) is 27.6. The van der Waals surface area contributed by atoms with Crippen molar-refractivity contribution in [3.05, 3.63) is 35.9 Å². The quantitative estimate of drug-likeness (QED) is 0.661. The van der Waals surface area contributed by atoms with E-state index >= 15 is 0 Å². The van der Waals surface area contributed by atoms with Crippen molar-refractivity contribution in [1.82, 2.24) is 5.32 Å². The Morgan fingerprint density at radius 2 is 1.83 bits per heavy atom. The summed E-state index contributed by atoms with van der Waals surface area (Å²) in [4.78, 5) is 0. The Hall–Kier alpha value is -0.820. The maximum Gasteiger partial charge on any atom is 0.0481 e. The van der Waals surface area contributed by atoms with Crippen LogP contribution in [0.15, 0.2) is 30.3 Å². The molecule has 0 radical (unpaired) electrons. The zero-order chi connectivity index (χ0) is 8.55. The summed E-state index contributed by atoms with van der Waals surface area (Å²) < 4.78 is 0. The molecule has 1 heterocycles. The second kappa shape index (κ2) is 2.91. The van der Waals surface area contributed by atoms with Crippen LogP contribution in [0.4, 0.5) is 0 Å². The van der Waals surface area contributed by atoms with Crippen molar-refractivity contribution in [2.45, 2.75) is 25.9 Å². The molecule has 0 unspecified atom stereocenters. The highest BCUT2D eigenvalue weighted by atomic mass is 15.2. The van der Waals surface area contributed by atoms with E-state index < -0.39 is 0 Å². The average Bonchev–Trinajstić information content (AvgIpc) is 2.84. The lowest BCUT2D eigenvalue weighted by Gasteiger charge is -1.99. The summed E-state index contributed by atoms with van der Waals surface area (Å²) in [5, 5.41) is 3.48. The largest absolute Gasteiger partial charge is 0.304 e. The predicted octanol–water partition coefficient (Wildman–Crippen LogP) is 2.36. The van der Waals surface area contributed by atoms with Gasteiger partial charge in [-0.3, -0.25) is 0 Å². The third-order valence-corrected chi connectivity index (χ3v) is 2.50. The summed E-state index contributed by atoms with van der Waals surface area (Å²) >= 11 is 0. The minimum atomic E-state index is 0.617. The molecule has 1 aromatic carbocycles. The summed E-state index contributed by atoms with van der Waals surface area (Å²) in [7, 11) is 0. The molecule has 0 bridgehead atoms. The van der Waals surface area contributed by atoms with Gasteiger partial charge in [-0.2, -0.15) is 0 Å². The van der Waals surface area contributed by atoms with Gasteiger partial charge in [-0.05, 0) is 11.5 Å². The van der Waals surface area contributed by atoms with Gasteiger partial charge in [-0.25, -0.2) is 0 Å². The SMILES string of the molecule is CC(C)[C@@H]1N[C@@H]1c1ccccc1. The fourth-order valence-corrected chi connectivity index (χ4v) is 1.69. The number of hydrogen-bond acceptors (Lipinski definition) is 1. The van der Waals surface area contributed by atoms with E-state index in [9.17, 15) is 0 Å².